The molecule has 1 N–H and O–H groups in total. The molecule has 0 radical (unpaired) electrons. The lowest BCUT2D eigenvalue weighted by Crippen LogP contribution is -2.21. The topological polar surface area (TPSA) is 58.1 Å². The zero-order chi connectivity index (χ0) is 19.8. The van der Waals surface area contributed by atoms with Crippen molar-refractivity contribution in [1.82, 2.24) is 9.97 Å². The number of benzene rings is 1. The molecule has 28 heavy (non-hydrogen) atoms. The number of hydrogen-bond acceptors (Lipinski definition) is 5. The van der Waals surface area contributed by atoms with E-state index in [9.17, 15) is 4.79 Å². The number of nitrogens with one attached hydrogen (secondary N) is 1. The van der Waals surface area contributed by atoms with E-state index in [1.54, 1.807) is 36.4 Å². The number of thioether (sulfide) groups is 1. The second-order valence-corrected chi connectivity index (χ2v) is 7.14. The third-order valence-electron chi connectivity index (χ3n) is 4.39. The molecule has 5 nitrogen and oxygen atoms in total. The van der Waals surface area contributed by atoms with E-state index in [0.29, 0.717) is 5.56 Å². The lowest BCUT2D eigenvalue weighted by atomic mass is 10.2. The number of hydrogen-bond donors (Lipinski definition) is 1. The third-order valence-corrected chi connectivity index (χ3v) is 5.47. The largest absolute Gasteiger partial charge is 0.372 e. The van der Waals surface area contributed by atoms with E-state index in [1.165, 1.54) is 0 Å². The van der Waals surface area contributed by atoms with Gasteiger partial charge in [-0.3, -0.25) is 9.78 Å². The van der Waals surface area contributed by atoms with Gasteiger partial charge in [0.05, 0.1) is 5.56 Å². The van der Waals surface area contributed by atoms with Gasteiger partial charge in [-0.05, 0) is 67.9 Å². The van der Waals surface area contributed by atoms with E-state index in [0.717, 1.165) is 40.8 Å². The van der Waals surface area contributed by atoms with Crippen molar-refractivity contribution in [2.24, 2.45) is 0 Å². The van der Waals surface area contributed by atoms with E-state index < -0.39 is 0 Å². The minimum absolute atomic E-state index is 0.152. The van der Waals surface area contributed by atoms with E-state index in [-0.39, 0.29) is 5.91 Å². The molecule has 6 heteroatoms. The Morgan fingerprint density at radius 1 is 1.00 bits per heavy atom. The maximum atomic E-state index is 12.8. The van der Waals surface area contributed by atoms with Crippen molar-refractivity contribution in [2.75, 3.05) is 23.3 Å². The summed E-state index contributed by atoms with van der Waals surface area (Å²) in [4.78, 5) is 23.5. The zero-order valence-corrected chi connectivity index (χ0v) is 16.9. The Labute approximate surface area is 170 Å². The average molecular weight is 393 g/mol. The third kappa shape index (κ3) is 5.10. The molecule has 0 saturated carbocycles. The van der Waals surface area contributed by atoms with Gasteiger partial charge in [0.2, 0.25) is 0 Å². The fourth-order valence-electron chi connectivity index (χ4n) is 2.85. The first-order chi connectivity index (χ1) is 13.7. The molecule has 0 aliphatic carbocycles. The standard InChI is InChI=1S/C22H24N4OS/c1-3-26(4-2)19-9-7-18(8-10-19)25-21(27)20-6-5-13-24-22(20)28-16-17-11-14-23-15-12-17/h5-15H,3-4,16H2,1-2H3,(H,25,27). The van der Waals surface area contributed by atoms with Gasteiger partial charge in [-0.25, -0.2) is 4.98 Å². The summed E-state index contributed by atoms with van der Waals surface area (Å²) < 4.78 is 0. The number of aromatic nitrogens is 2. The monoisotopic (exact) mass is 392 g/mol. The molecule has 1 aromatic carbocycles. The first kappa shape index (κ1) is 19.9. The number of amides is 1. The Hall–Kier alpha value is -2.86. The summed E-state index contributed by atoms with van der Waals surface area (Å²) in [5, 5.41) is 3.70. The van der Waals surface area contributed by atoms with Crippen LogP contribution in [0.15, 0.2) is 72.1 Å². The van der Waals surface area contributed by atoms with Crippen molar-refractivity contribution >= 4 is 29.0 Å². The first-order valence-electron chi connectivity index (χ1n) is 9.34. The summed E-state index contributed by atoms with van der Waals surface area (Å²) >= 11 is 1.54. The van der Waals surface area contributed by atoms with Gasteiger partial charge in [0, 0.05) is 48.8 Å². The minimum atomic E-state index is -0.152. The van der Waals surface area contributed by atoms with E-state index in [4.69, 9.17) is 0 Å². The Bertz CT molecular complexity index is 896. The van der Waals surface area contributed by atoms with Gasteiger partial charge in [0.15, 0.2) is 0 Å². The van der Waals surface area contributed by atoms with Crippen LogP contribution in [0, 0.1) is 0 Å². The smallest absolute Gasteiger partial charge is 0.258 e. The lowest BCUT2D eigenvalue weighted by Gasteiger charge is -2.21. The van der Waals surface area contributed by atoms with Gasteiger partial charge in [-0.15, -0.1) is 11.8 Å². The number of carbonyl (C=O) groups excluding carboxylic acids is 1. The Morgan fingerprint density at radius 2 is 1.71 bits per heavy atom. The molecular weight excluding hydrogens is 368 g/mol. The number of anilines is 2. The molecule has 0 unspecified atom stereocenters. The highest BCUT2D eigenvalue weighted by atomic mass is 32.2. The summed E-state index contributed by atoms with van der Waals surface area (Å²) in [5.74, 6) is 0.583. The molecule has 2 heterocycles. The maximum absolute atomic E-state index is 12.8. The van der Waals surface area contributed by atoms with Crippen LogP contribution in [0.3, 0.4) is 0 Å². The Balaban J connectivity index is 1.69. The predicted octanol–water partition coefficient (Wildman–Crippen LogP) is 4.87. The number of carbonyl (C=O) groups is 1. The molecule has 3 aromatic rings. The average Bonchev–Trinajstić information content (AvgIpc) is 2.75. The fourth-order valence-corrected chi connectivity index (χ4v) is 3.80. The van der Waals surface area contributed by atoms with E-state index >= 15 is 0 Å². The molecule has 2 aromatic heterocycles. The van der Waals surface area contributed by atoms with E-state index in [2.05, 4.69) is 34.0 Å². The number of nitrogens with zero attached hydrogens (tertiary/aromatic N) is 3. The molecule has 0 atom stereocenters. The summed E-state index contributed by atoms with van der Waals surface area (Å²) in [5.41, 5.74) is 3.64. The molecule has 0 bridgehead atoms. The summed E-state index contributed by atoms with van der Waals surface area (Å²) in [7, 11) is 0. The van der Waals surface area contributed by atoms with Crippen molar-refractivity contribution in [3.63, 3.8) is 0 Å². The highest BCUT2D eigenvalue weighted by Crippen LogP contribution is 2.25. The van der Waals surface area contributed by atoms with Crippen molar-refractivity contribution in [1.29, 1.82) is 0 Å². The normalized spacial score (nSPS) is 10.5. The van der Waals surface area contributed by atoms with Crippen LogP contribution in [0.4, 0.5) is 11.4 Å². The molecule has 0 aliphatic rings. The molecule has 0 fully saturated rings. The maximum Gasteiger partial charge on any atom is 0.258 e. The molecule has 3 rings (SSSR count). The Morgan fingerprint density at radius 3 is 2.39 bits per heavy atom. The van der Waals surface area contributed by atoms with Crippen LogP contribution in [0.25, 0.3) is 0 Å². The zero-order valence-electron chi connectivity index (χ0n) is 16.1. The first-order valence-corrected chi connectivity index (χ1v) is 10.3. The summed E-state index contributed by atoms with van der Waals surface area (Å²) in [6.07, 6.45) is 5.25. The number of rotatable bonds is 8. The summed E-state index contributed by atoms with van der Waals surface area (Å²) in [6, 6.07) is 15.5. The van der Waals surface area contributed by atoms with Gasteiger partial charge in [0.25, 0.3) is 5.91 Å². The molecule has 1 amide bonds. The molecule has 0 aliphatic heterocycles. The predicted molar refractivity (Wildman–Crippen MR) is 116 cm³/mol. The molecule has 0 spiro atoms. The van der Waals surface area contributed by atoms with Crippen LogP contribution in [-0.4, -0.2) is 29.0 Å². The van der Waals surface area contributed by atoms with Crippen LogP contribution in [0.5, 0.6) is 0 Å². The fraction of sp³-hybridized carbons (Fsp3) is 0.227. The van der Waals surface area contributed by atoms with Crippen molar-refractivity contribution in [3.05, 3.63) is 78.2 Å². The van der Waals surface area contributed by atoms with Crippen LogP contribution < -0.4 is 10.2 Å². The minimum Gasteiger partial charge on any atom is -0.372 e. The molecule has 0 saturated heterocycles. The van der Waals surface area contributed by atoms with Crippen LogP contribution in [-0.2, 0) is 5.75 Å². The van der Waals surface area contributed by atoms with E-state index in [1.807, 2.05) is 42.5 Å². The molecular formula is C22H24N4OS. The lowest BCUT2D eigenvalue weighted by molar-refractivity contribution is 0.102. The van der Waals surface area contributed by atoms with Gasteiger partial charge < -0.3 is 10.2 Å². The Kier molecular flexibility index (Phi) is 7.03. The molecule has 144 valence electrons. The van der Waals surface area contributed by atoms with Crippen LogP contribution in [0.1, 0.15) is 29.8 Å². The highest BCUT2D eigenvalue weighted by Gasteiger charge is 2.13. The van der Waals surface area contributed by atoms with Crippen molar-refractivity contribution in [2.45, 2.75) is 24.6 Å². The highest BCUT2D eigenvalue weighted by molar-refractivity contribution is 7.98. The second kappa shape index (κ2) is 9.90. The second-order valence-electron chi connectivity index (χ2n) is 6.17. The van der Waals surface area contributed by atoms with Crippen molar-refractivity contribution in [3.8, 4) is 0 Å². The van der Waals surface area contributed by atoms with Gasteiger partial charge >= 0.3 is 0 Å². The van der Waals surface area contributed by atoms with Crippen LogP contribution >= 0.6 is 11.8 Å². The van der Waals surface area contributed by atoms with Crippen molar-refractivity contribution < 1.29 is 4.79 Å². The number of pyridine rings is 2. The van der Waals surface area contributed by atoms with Gasteiger partial charge in [-0.2, -0.15) is 0 Å². The SMILES string of the molecule is CCN(CC)c1ccc(NC(=O)c2cccnc2SCc2ccncc2)cc1. The van der Waals surface area contributed by atoms with Gasteiger partial charge in [0.1, 0.15) is 5.03 Å². The summed E-state index contributed by atoms with van der Waals surface area (Å²) in [6.45, 7) is 6.17. The quantitative estimate of drug-likeness (QED) is 0.554. The van der Waals surface area contributed by atoms with Crippen LogP contribution in [0.2, 0.25) is 0 Å². The van der Waals surface area contributed by atoms with Gasteiger partial charge in [-0.1, -0.05) is 0 Å².